The van der Waals surface area contributed by atoms with E-state index < -0.39 is 15.1 Å². The Morgan fingerprint density at radius 2 is 1.75 bits per heavy atom. The molecule has 20 heavy (non-hydrogen) atoms. The van der Waals surface area contributed by atoms with Crippen molar-refractivity contribution in [3.8, 4) is 0 Å². The van der Waals surface area contributed by atoms with Crippen LogP contribution in [-0.4, -0.2) is 19.9 Å². The lowest BCUT2D eigenvalue weighted by molar-refractivity contribution is 0.588. The van der Waals surface area contributed by atoms with E-state index in [0.717, 1.165) is 18.4 Å². The molecule has 106 valence electrons. The van der Waals surface area contributed by atoms with Gasteiger partial charge in [-0.25, -0.2) is 8.42 Å². The highest BCUT2D eigenvalue weighted by atomic mass is 79.9. The Morgan fingerprint density at radius 3 is 2.40 bits per heavy atom. The average molecular weight is 353 g/mol. The predicted molar refractivity (Wildman–Crippen MR) is 87.3 cm³/mol. The molecule has 0 spiro atoms. The van der Waals surface area contributed by atoms with E-state index >= 15 is 0 Å². The van der Waals surface area contributed by atoms with Gasteiger partial charge in [0.1, 0.15) is 0 Å². The molecular weight excluding hydrogens is 336 g/mol. The summed E-state index contributed by atoms with van der Waals surface area (Å²) in [5.74, 6) is 0. The molecule has 2 unspecified atom stereocenters. The molecule has 3 rings (SSSR count). The molecule has 2 nitrogen and oxygen atoms in total. The molecule has 0 N–H and O–H groups in total. The van der Waals surface area contributed by atoms with Crippen molar-refractivity contribution in [2.45, 2.75) is 29.8 Å². The maximum Gasteiger partial charge on any atom is 0.151 e. The Balaban J connectivity index is 2.19. The third kappa shape index (κ3) is 2.19. The molecule has 0 aliphatic heterocycles. The van der Waals surface area contributed by atoms with E-state index in [9.17, 15) is 8.42 Å². The van der Waals surface area contributed by atoms with Gasteiger partial charge in [0, 0.05) is 6.26 Å². The number of benzene rings is 2. The van der Waals surface area contributed by atoms with Crippen LogP contribution in [0.1, 0.15) is 28.4 Å². The smallest absolute Gasteiger partial charge is 0.151 e. The van der Waals surface area contributed by atoms with Crippen LogP contribution in [0.4, 0.5) is 0 Å². The van der Waals surface area contributed by atoms with E-state index in [1.54, 1.807) is 6.92 Å². The summed E-state index contributed by atoms with van der Waals surface area (Å²) in [5, 5.41) is 2.07. The van der Waals surface area contributed by atoms with Crippen LogP contribution in [0.2, 0.25) is 0 Å². The summed E-state index contributed by atoms with van der Waals surface area (Å²) >= 11 is 3.60. The van der Waals surface area contributed by atoms with Crippen molar-refractivity contribution in [2.24, 2.45) is 0 Å². The number of aryl methyl sites for hydroxylation is 2. The lowest BCUT2D eigenvalue weighted by Gasteiger charge is -2.19. The number of halogens is 1. The zero-order chi connectivity index (χ0) is 14.5. The van der Waals surface area contributed by atoms with Gasteiger partial charge in [-0.3, -0.25) is 0 Å². The van der Waals surface area contributed by atoms with Crippen LogP contribution in [0.5, 0.6) is 0 Å². The topological polar surface area (TPSA) is 34.1 Å². The van der Waals surface area contributed by atoms with Crippen LogP contribution >= 0.6 is 15.9 Å². The largest absolute Gasteiger partial charge is 0.229 e. The minimum Gasteiger partial charge on any atom is -0.229 e. The Kier molecular flexibility index (Phi) is 3.41. The van der Waals surface area contributed by atoms with Crippen LogP contribution in [0.15, 0.2) is 30.3 Å². The van der Waals surface area contributed by atoms with Crippen LogP contribution in [-0.2, 0) is 22.7 Å². The highest BCUT2D eigenvalue weighted by Gasteiger charge is 2.27. The summed E-state index contributed by atoms with van der Waals surface area (Å²) in [7, 11) is -3.07. The van der Waals surface area contributed by atoms with Gasteiger partial charge in [-0.1, -0.05) is 46.3 Å². The summed E-state index contributed by atoms with van der Waals surface area (Å²) in [4.78, 5) is -0.178. The first kappa shape index (κ1) is 14.1. The van der Waals surface area contributed by atoms with Gasteiger partial charge in [-0.05, 0) is 47.2 Å². The zero-order valence-electron chi connectivity index (χ0n) is 11.6. The fourth-order valence-corrected chi connectivity index (χ4v) is 5.14. The number of rotatable bonds is 3. The van der Waals surface area contributed by atoms with Crippen LogP contribution < -0.4 is 0 Å². The van der Waals surface area contributed by atoms with Crippen molar-refractivity contribution in [3.63, 3.8) is 0 Å². The van der Waals surface area contributed by atoms with Gasteiger partial charge in [-0.2, -0.15) is 0 Å². The molecule has 0 saturated heterocycles. The predicted octanol–water partition coefficient (Wildman–Crippen LogP) is 3.81. The average Bonchev–Trinajstić information content (AvgIpc) is 2.82. The Labute approximate surface area is 128 Å². The van der Waals surface area contributed by atoms with Crippen LogP contribution in [0.25, 0.3) is 10.8 Å². The Morgan fingerprint density at radius 1 is 1.10 bits per heavy atom. The molecule has 0 radical (unpaired) electrons. The van der Waals surface area contributed by atoms with E-state index in [1.165, 1.54) is 28.2 Å². The molecule has 2 atom stereocenters. The van der Waals surface area contributed by atoms with Crippen molar-refractivity contribution in [1.29, 1.82) is 0 Å². The van der Waals surface area contributed by atoms with E-state index in [4.69, 9.17) is 0 Å². The van der Waals surface area contributed by atoms with Gasteiger partial charge in [0.25, 0.3) is 0 Å². The number of sulfone groups is 1. The Bertz CT molecular complexity index is 770. The lowest BCUT2D eigenvalue weighted by atomic mass is 9.97. The third-order valence-corrected chi connectivity index (χ3v) is 7.55. The normalized spacial score (nSPS) is 17.4. The van der Waals surface area contributed by atoms with E-state index in [2.05, 4.69) is 46.3 Å². The second-order valence-corrected chi connectivity index (χ2v) is 8.98. The first-order valence-electron chi connectivity index (χ1n) is 6.76. The van der Waals surface area contributed by atoms with Crippen LogP contribution in [0.3, 0.4) is 0 Å². The van der Waals surface area contributed by atoms with Gasteiger partial charge < -0.3 is 0 Å². The zero-order valence-corrected chi connectivity index (χ0v) is 14.0. The minimum absolute atomic E-state index is 0.178. The van der Waals surface area contributed by atoms with Gasteiger partial charge in [0.15, 0.2) is 9.84 Å². The maximum atomic E-state index is 11.8. The van der Waals surface area contributed by atoms with Crippen LogP contribution in [0, 0.1) is 0 Å². The molecule has 0 saturated carbocycles. The summed E-state index contributed by atoms with van der Waals surface area (Å²) in [6.45, 7) is 1.76. The Hall–Kier alpha value is -0.870. The van der Waals surface area contributed by atoms with Gasteiger partial charge in [-0.15, -0.1) is 0 Å². The molecular formula is C16H17BrO2S. The molecule has 0 bridgehead atoms. The van der Waals surface area contributed by atoms with Crippen molar-refractivity contribution in [2.75, 3.05) is 6.26 Å². The second-order valence-electron chi connectivity index (χ2n) is 5.59. The SMILES string of the molecule is CC(C(Br)c1ccc2c3c(cccc13)CC2)S(C)(=O)=O. The maximum absolute atomic E-state index is 11.8. The minimum atomic E-state index is -3.07. The summed E-state index contributed by atoms with van der Waals surface area (Å²) in [6, 6.07) is 10.6. The van der Waals surface area contributed by atoms with Crippen molar-refractivity contribution < 1.29 is 8.42 Å². The molecule has 0 heterocycles. The first-order chi connectivity index (χ1) is 9.39. The standard InChI is InChI=1S/C16H17BrO2S/c1-10(20(2,18)19)16(17)14-9-8-12-7-6-11-4-3-5-13(14)15(11)12/h3-5,8-10,16H,6-7H2,1-2H3. The van der Waals surface area contributed by atoms with Crippen molar-refractivity contribution in [1.82, 2.24) is 0 Å². The van der Waals surface area contributed by atoms with E-state index in [1.807, 2.05) is 0 Å². The fourth-order valence-electron chi connectivity index (χ4n) is 2.98. The number of hydrogen-bond donors (Lipinski definition) is 0. The van der Waals surface area contributed by atoms with E-state index in [0.29, 0.717) is 0 Å². The van der Waals surface area contributed by atoms with E-state index in [-0.39, 0.29) is 4.83 Å². The van der Waals surface area contributed by atoms with Gasteiger partial charge in [0.2, 0.25) is 0 Å². The second kappa shape index (κ2) is 4.85. The molecule has 0 fully saturated rings. The summed E-state index contributed by atoms with van der Waals surface area (Å²) < 4.78 is 23.6. The molecule has 1 aliphatic carbocycles. The quantitative estimate of drug-likeness (QED) is 0.787. The molecule has 2 aromatic rings. The fraction of sp³-hybridized carbons (Fsp3) is 0.375. The molecule has 0 aromatic heterocycles. The molecule has 1 aliphatic rings. The van der Waals surface area contributed by atoms with Crippen molar-refractivity contribution in [3.05, 3.63) is 47.0 Å². The third-order valence-electron chi connectivity index (χ3n) is 4.30. The van der Waals surface area contributed by atoms with Gasteiger partial charge >= 0.3 is 0 Å². The monoisotopic (exact) mass is 352 g/mol. The number of hydrogen-bond acceptors (Lipinski definition) is 2. The first-order valence-corrected chi connectivity index (χ1v) is 9.63. The molecule has 0 amide bonds. The summed E-state index contributed by atoms with van der Waals surface area (Å²) in [5.41, 5.74) is 3.84. The highest BCUT2D eigenvalue weighted by Crippen LogP contribution is 2.39. The molecule has 4 heteroatoms. The van der Waals surface area contributed by atoms with Gasteiger partial charge in [0.05, 0.1) is 10.1 Å². The lowest BCUT2D eigenvalue weighted by Crippen LogP contribution is -2.21. The van der Waals surface area contributed by atoms with Crippen molar-refractivity contribution >= 4 is 36.5 Å². The number of alkyl halides is 1. The summed E-state index contributed by atoms with van der Waals surface area (Å²) in [6.07, 6.45) is 3.47. The molecule has 2 aromatic carbocycles. The highest BCUT2D eigenvalue weighted by molar-refractivity contribution is 9.09.